The second-order valence-electron chi connectivity index (χ2n) is 4.13. The molecule has 4 nitrogen and oxygen atoms in total. The molecule has 0 bridgehead atoms. The van der Waals surface area contributed by atoms with Crippen LogP contribution in [-0.4, -0.2) is 33.7 Å². The summed E-state index contributed by atoms with van der Waals surface area (Å²) >= 11 is 3.77. The normalized spacial score (nSPS) is 10.8. The number of hydrogen-bond donors (Lipinski definition) is 2. The van der Waals surface area contributed by atoms with Crippen LogP contribution in [0.5, 0.6) is 0 Å². The Morgan fingerprint density at radius 2 is 2.29 bits per heavy atom. The van der Waals surface area contributed by atoms with Crippen LogP contribution in [0.4, 0.5) is 4.79 Å². The van der Waals surface area contributed by atoms with Crippen molar-refractivity contribution >= 4 is 28.9 Å². The smallest absolute Gasteiger partial charge is 0.278 e. The third-order valence-electron chi connectivity index (χ3n) is 2.73. The zero-order chi connectivity index (χ0) is 12.4. The third kappa shape index (κ3) is 2.79. The summed E-state index contributed by atoms with van der Waals surface area (Å²) in [5, 5.41) is -0.205. The number of nitrogens with zero attached hydrogens (tertiary/aromatic N) is 2. The van der Waals surface area contributed by atoms with Gasteiger partial charge in [-0.05, 0) is 31.0 Å². The second kappa shape index (κ2) is 4.79. The lowest BCUT2D eigenvalue weighted by molar-refractivity contribution is 0.234. The highest BCUT2D eigenvalue weighted by atomic mass is 32.1. The quantitative estimate of drug-likeness (QED) is 0.821. The summed E-state index contributed by atoms with van der Waals surface area (Å²) in [7, 11) is 1.74. The van der Waals surface area contributed by atoms with E-state index in [4.69, 9.17) is 0 Å². The highest BCUT2D eigenvalue weighted by molar-refractivity contribution is 7.96. The van der Waals surface area contributed by atoms with Crippen molar-refractivity contribution in [2.24, 2.45) is 0 Å². The predicted octanol–water partition coefficient (Wildman–Crippen LogP) is 2.40. The molecule has 0 unspecified atom stereocenters. The van der Waals surface area contributed by atoms with Crippen LogP contribution in [0.25, 0.3) is 11.0 Å². The number of amides is 1. The number of aromatic nitrogens is 2. The summed E-state index contributed by atoms with van der Waals surface area (Å²) in [4.78, 5) is 20.1. The van der Waals surface area contributed by atoms with Gasteiger partial charge in [-0.2, -0.15) is 0 Å². The monoisotopic (exact) mass is 249 g/mol. The van der Waals surface area contributed by atoms with Gasteiger partial charge in [0.15, 0.2) is 0 Å². The molecule has 0 saturated carbocycles. The molecule has 5 heteroatoms. The Hall–Kier alpha value is -1.49. The summed E-state index contributed by atoms with van der Waals surface area (Å²) in [6.07, 6.45) is 0.816. The van der Waals surface area contributed by atoms with Gasteiger partial charge < -0.3 is 9.88 Å². The number of hydrogen-bond acceptors (Lipinski definition) is 2. The van der Waals surface area contributed by atoms with Crippen molar-refractivity contribution in [3.63, 3.8) is 0 Å². The van der Waals surface area contributed by atoms with Gasteiger partial charge in [0, 0.05) is 13.6 Å². The van der Waals surface area contributed by atoms with E-state index >= 15 is 0 Å². The molecule has 0 atom stereocenters. The Balaban J connectivity index is 2.11. The van der Waals surface area contributed by atoms with Crippen LogP contribution in [0.1, 0.15) is 11.4 Å². The van der Waals surface area contributed by atoms with Crippen molar-refractivity contribution in [3.05, 3.63) is 29.6 Å². The number of nitrogens with one attached hydrogen (secondary N) is 1. The van der Waals surface area contributed by atoms with Gasteiger partial charge >= 0.3 is 0 Å². The summed E-state index contributed by atoms with van der Waals surface area (Å²) in [5.41, 5.74) is 3.20. The third-order valence-corrected chi connectivity index (χ3v) is 3.07. The largest absolute Gasteiger partial charge is 0.342 e. The lowest BCUT2D eigenvalue weighted by Gasteiger charge is -2.13. The Morgan fingerprint density at radius 3 is 3.00 bits per heavy atom. The first-order valence-electron chi connectivity index (χ1n) is 5.45. The number of aromatic amines is 1. The topological polar surface area (TPSA) is 49.0 Å². The fourth-order valence-electron chi connectivity index (χ4n) is 1.73. The molecule has 2 aromatic rings. The summed E-state index contributed by atoms with van der Waals surface area (Å²) in [6.45, 7) is 2.61. The Kier molecular flexibility index (Phi) is 3.38. The number of fused-ring (bicyclic) bond motifs is 1. The van der Waals surface area contributed by atoms with Gasteiger partial charge in [0.05, 0.1) is 11.0 Å². The van der Waals surface area contributed by atoms with Crippen LogP contribution < -0.4 is 0 Å². The first-order valence-corrected chi connectivity index (χ1v) is 5.90. The van der Waals surface area contributed by atoms with E-state index in [9.17, 15) is 4.79 Å². The lowest BCUT2D eigenvalue weighted by Crippen LogP contribution is -2.23. The molecule has 0 spiro atoms. The minimum absolute atomic E-state index is 0.205. The number of carbonyl (C=O) groups is 1. The average Bonchev–Trinajstić information content (AvgIpc) is 2.64. The number of H-pyrrole nitrogens is 1. The van der Waals surface area contributed by atoms with Crippen LogP contribution >= 0.6 is 12.6 Å². The fraction of sp³-hybridized carbons (Fsp3) is 0.333. The van der Waals surface area contributed by atoms with Gasteiger partial charge in [0.2, 0.25) is 0 Å². The number of thiol groups is 1. The molecule has 1 aromatic heterocycles. The standard InChI is InChI=1S/C12H15N3OS/c1-8-13-10-4-3-9(7-11(10)14-8)5-6-15(2)12(16)17/h3-4,7H,5-6H2,1-2H3,(H,13,14)(H,16,17). The predicted molar refractivity (Wildman–Crippen MR) is 71.5 cm³/mol. The highest BCUT2D eigenvalue weighted by Crippen LogP contribution is 2.14. The lowest BCUT2D eigenvalue weighted by atomic mass is 10.1. The zero-order valence-electron chi connectivity index (χ0n) is 9.90. The van der Waals surface area contributed by atoms with Crippen LogP contribution in [0.3, 0.4) is 0 Å². The van der Waals surface area contributed by atoms with Gasteiger partial charge in [0.25, 0.3) is 5.24 Å². The summed E-state index contributed by atoms with van der Waals surface area (Å²) in [5.74, 6) is 0.916. The molecule has 1 N–H and O–H groups in total. The number of aryl methyl sites for hydroxylation is 1. The van der Waals surface area contributed by atoms with E-state index in [0.717, 1.165) is 23.3 Å². The van der Waals surface area contributed by atoms with Crippen molar-refractivity contribution in [3.8, 4) is 0 Å². The molecular weight excluding hydrogens is 234 g/mol. The molecular formula is C12H15N3OS. The summed E-state index contributed by atoms with van der Waals surface area (Å²) < 4.78 is 0. The second-order valence-corrected chi connectivity index (χ2v) is 4.51. The molecule has 90 valence electrons. The molecule has 1 aromatic carbocycles. The van der Waals surface area contributed by atoms with Crippen LogP contribution in [0, 0.1) is 6.92 Å². The van der Waals surface area contributed by atoms with E-state index in [-0.39, 0.29) is 5.24 Å². The number of rotatable bonds is 3. The van der Waals surface area contributed by atoms with Gasteiger partial charge in [-0.15, -0.1) is 0 Å². The Morgan fingerprint density at radius 1 is 1.53 bits per heavy atom. The highest BCUT2D eigenvalue weighted by Gasteiger charge is 2.05. The SMILES string of the molecule is Cc1nc2ccc(CCN(C)C(=O)S)cc2[nH]1. The maximum Gasteiger partial charge on any atom is 0.278 e. The molecule has 0 radical (unpaired) electrons. The van der Waals surface area contributed by atoms with E-state index in [1.807, 2.05) is 19.1 Å². The van der Waals surface area contributed by atoms with Crippen molar-refractivity contribution in [2.45, 2.75) is 13.3 Å². The molecule has 0 fully saturated rings. The molecule has 0 aliphatic carbocycles. The molecule has 1 amide bonds. The molecule has 2 rings (SSSR count). The zero-order valence-corrected chi connectivity index (χ0v) is 10.8. The minimum Gasteiger partial charge on any atom is -0.342 e. The van der Waals surface area contributed by atoms with Gasteiger partial charge in [-0.3, -0.25) is 4.79 Å². The van der Waals surface area contributed by atoms with Crippen LogP contribution in [-0.2, 0) is 6.42 Å². The van der Waals surface area contributed by atoms with Gasteiger partial charge in [0.1, 0.15) is 5.82 Å². The Bertz CT molecular complexity index is 550. The molecule has 0 aliphatic rings. The summed E-state index contributed by atoms with van der Waals surface area (Å²) in [6, 6.07) is 6.11. The minimum atomic E-state index is -0.205. The number of imidazole rings is 1. The van der Waals surface area contributed by atoms with E-state index in [1.54, 1.807) is 11.9 Å². The molecule has 0 aliphatic heterocycles. The number of benzene rings is 1. The Labute approximate surface area is 105 Å². The van der Waals surface area contributed by atoms with Crippen molar-refractivity contribution in [2.75, 3.05) is 13.6 Å². The van der Waals surface area contributed by atoms with Crippen molar-refractivity contribution in [1.29, 1.82) is 0 Å². The van der Waals surface area contributed by atoms with E-state index in [0.29, 0.717) is 6.54 Å². The van der Waals surface area contributed by atoms with E-state index in [2.05, 4.69) is 28.7 Å². The molecule has 0 saturated heterocycles. The molecule has 1 heterocycles. The van der Waals surface area contributed by atoms with Crippen molar-refractivity contribution in [1.82, 2.24) is 14.9 Å². The van der Waals surface area contributed by atoms with Gasteiger partial charge in [-0.1, -0.05) is 18.7 Å². The maximum atomic E-state index is 11.0. The number of carbonyl (C=O) groups excluding carboxylic acids is 1. The average molecular weight is 249 g/mol. The molecule has 17 heavy (non-hydrogen) atoms. The van der Waals surface area contributed by atoms with E-state index < -0.39 is 0 Å². The fourth-order valence-corrected chi connectivity index (χ4v) is 1.83. The first kappa shape index (κ1) is 12.0. The van der Waals surface area contributed by atoms with Gasteiger partial charge in [-0.25, -0.2) is 4.98 Å². The van der Waals surface area contributed by atoms with Crippen LogP contribution in [0.2, 0.25) is 0 Å². The van der Waals surface area contributed by atoms with Crippen LogP contribution in [0.15, 0.2) is 18.2 Å². The number of likely N-dealkylation sites (N-methyl/N-ethyl adjacent to an activating group) is 1. The first-order chi connectivity index (χ1) is 8.06. The maximum absolute atomic E-state index is 11.0. The van der Waals surface area contributed by atoms with Crippen molar-refractivity contribution < 1.29 is 4.79 Å². The van der Waals surface area contributed by atoms with E-state index in [1.165, 1.54) is 5.56 Å².